The number of rotatable bonds is 6. The molecule has 0 aromatic carbocycles. The van der Waals surface area contributed by atoms with Gasteiger partial charge in [-0.1, -0.05) is 0 Å². The van der Waals surface area contributed by atoms with Gasteiger partial charge >= 0.3 is 0 Å². The zero-order valence-corrected chi connectivity index (χ0v) is 9.58. The summed E-state index contributed by atoms with van der Waals surface area (Å²) in [5.74, 6) is 0.941. The topological polar surface area (TPSA) is 53.1 Å². The Labute approximate surface area is 92.2 Å². The van der Waals surface area contributed by atoms with Gasteiger partial charge in [0.2, 0.25) is 0 Å². The normalized spacial score (nSPS) is 24.9. The van der Waals surface area contributed by atoms with E-state index in [-0.39, 0.29) is 0 Å². The van der Waals surface area contributed by atoms with Crippen molar-refractivity contribution in [3.8, 4) is 6.07 Å². The minimum absolute atomic E-state index is 0.642. The third-order valence-corrected chi connectivity index (χ3v) is 3.43. The predicted octanol–water partition coefficient (Wildman–Crippen LogP) is 1.49. The summed E-state index contributed by atoms with van der Waals surface area (Å²) in [6.07, 6.45) is 6.30. The van der Waals surface area contributed by atoms with Crippen molar-refractivity contribution >= 4 is 0 Å². The Morgan fingerprint density at radius 2 is 2.07 bits per heavy atom. The first-order valence-corrected chi connectivity index (χ1v) is 6.05. The summed E-state index contributed by atoms with van der Waals surface area (Å²) in [6.45, 7) is 4.07. The molecule has 0 aromatic heterocycles. The first-order valence-electron chi connectivity index (χ1n) is 6.05. The smallest absolute Gasteiger partial charge is 0.102 e. The molecule has 0 radical (unpaired) electrons. The third kappa shape index (κ3) is 3.48. The summed E-state index contributed by atoms with van der Waals surface area (Å²) in [5.41, 5.74) is 5.20. The summed E-state index contributed by atoms with van der Waals surface area (Å²) >= 11 is 0. The highest BCUT2D eigenvalue weighted by Gasteiger charge is 2.34. The van der Waals surface area contributed by atoms with E-state index in [4.69, 9.17) is 11.0 Å². The molecule has 3 heteroatoms. The van der Waals surface area contributed by atoms with Crippen LogP contribution < -0.4 is 5.73 Å². The van der Waals surface area contributed by atoms with Crippen LogP contribution in [-0.2, 0) is 0 Å². The van der Waals surface area contributed by atoms with E-state index in [1.54, 1.807) is 0 Å². The van der Waals surface area contributed by atoms with Gasteiger partial charge in [-0.25, -0.2) is 0 Å². The molecule has 0 saturated heterocycles. The van der Waals surface area contributed by atoms with Crippen molar-refractivity contribution in [1.82, 2.24) is 4.90 Å². The van der Waals surface area contributed by atoms with Crippen LogP contribution in [0.2, 0.25) is 0 Å². The van der Waals surface area contributed by atoms with Crippen LogP contribution in [0.5, 0.6) is 0 Å². The second kappa shape index (κ2) is 4.11. The van der Waals surface area contributed by atoms with E-state index < -0.39 is 5.54 Å². The fraction of sp³-hybridized carbons (Fsp3) is 0.917. The van der Waals surface area contributed by atoms with Gasteiger partial charge in [-0.3, -0.25) is 0 Å². The highest BCUT2D eigenvalue weighted by molar-refractivity contribution is 5.02. The van der Waals surface area contributed by atoms with Crippen molar-refractivity contribution < 1.29 is 0 Å². The van der Waals surface area contributed by atoms with E-state index in [9.17, 15) is 0 Å². The fourth-order valence-electron chi connectivity index (χ4n) is 1.93. The first-order chi connectivity index (χ1) is 7.11. The van der Waals surface area contributed by atoms with Crippen LogP contribution in [0.4, 0.5) is 0 Å². The Balaban J connectivity index is 1.76. The Bertz CT molecular complexity index is 259. The van der Waals surface area contributed by atoms with Gasteiger partial charge in [0.25, 0.3) is 0 Å². The van der Waals surface area contributed by atoms with Gasteiger partial charge in [-0.15, -0.1) is 0 Å². The highest BCUT2D eigenvalue weighted by Crippen LogP contribution is 2.35. The molecular weight excluding hydrogens is 186 g/mol. The largest absolute Gasteiger partial charge is 0.314 e. The molecule has 2 saturated carbocycles. The summed E-state index contributed by atoms with van der Waals surface area (Å²) in [6, 6.07) is 2.98. The lowest BCUT2D eigenvalue weighted by Gasteiger charge is -2.25. The molecule has 0 amide bonds. The number of hydrogen-bond acceptors (Lipinski definition) is 3. The molecule has 1 unspecified atom stereocenters. The Morgan fingerprint density at radius 3 is 2.53 bits per heavy atom. The van der Waals surface area contributed by atoms with Gasteiger partial charge < -0.3 is 10.6 Å². The molecule has 2 N–H and O–H groups in total. The van der Waals surface area contributed by atoms with Crippen LogP contribution in [0, 0.1) is 17.2 Å². The van der Waals surface area contributed by atoms with Crippen LogP contribution in [0.15, 0.2) is 0 Å². The molecule has 0 aromatic rings. The molecule has 0 heterocycles. The Morgan fingerprint density at radius 1 is 1.40 bits per heavy atom. The van der Waals surface area contributed by atoms with Gasteiger partial charge in [-0.2, -0.15) is 5.26 Å². The monoisotopic (exact) mass is 207 g/mol. The van der Waals surface area contributed by atoms with Crippen molar-refractivity contribution in [3.63, 3.8) is 0 Å². The lowest BCUT2D eigenvalue weighted by Crippen LogP contribution is -2.40. The zero-order chi connectivity index (χ0) is 10.9. The number of nitrogens with zero attached hydrogens (tertiary/aromatic N) is 2. The van der Waals surface area contributed by atoms with Gasteiger partial charge in [0, 0.05) is 19.1 Å². The van der Waals surface area contributed by atoms with E-state index in [0.717, 1.165) is 24.9 Å². The maximum atomic E-state index is 8.86. The van der Waals surface area contributed by atoms with Crippen molar-refractivity contribution in [1.29, 1.82) is 5.26 Å². The average molecular weight is 207 g/mol. The molecule has 15 heavy (non-hydrogen) atoms. The minimum Gasteiger partial charge on any atom is -0.314 e. The number of nitriles is 1. The van der Waals surface area contributed by atoms with Crippen LogP contribution in [0.1, 0.15) is 39.0 Å². The molecular formula is C12H21N3. The molecule has 2 fully saturated rings. The molecule has 84 valence electrons. The molecule has 0 spiro atoms. The van der Waals surface area contributed by atoms with Gasteiger partial charge in [0.05, 0.1) is 6.07 Å². The van der Waals surface area contributed by atoms with Crippen LogP contribution in [0.3, 0.4) is 0 Å². The lowest BCUT2D eigenvalue weighted by atomic mass is 10.0. The van der Waals surface area contributed by atoms with Crippen LogP contribution >= 0.6 is 0 Å². The van der Waals surface area contributed by atoms with Gasteiger partial charge in [-0.05, 0) is 44.9 Å². The van der Waals surface area contributed by atoms with E-state index in [2.05, 4.69) is 11.0 Å². The van der Waals surface area contributed by atoms with E-state index in [0.29, 0.717) is 0 Å². The number of hydrogen-bond donors (Lipinski definition) is 1. The summed E-state index contributed by atoms with van der Waals surface area (Å²) in [5, 5.41) is 8.86. The van der Waals surface area contributed by atoms with Gasteiger partial charge in [0.15, 0.2) is 0 Å². The second-order valence-corrected chi connectivity index (χ2v) is 5.45. The maximum absolute atomic E-state index is 8.86. The molecule has 2 rings (SSSR count). The van der Waals surface area contributed by atoms with Crippen molar-refractivity contribution in [2.45, 2.75) is 50.6 Å². The molecule has 1 atom stereocenters. The van der Waals surface area contributed by atoms with Crippen molar-refractivity contribution in [3.05, 3.63) is 0 Å². The van der Waals surface area contributed by atoms with E-state index in [1.165, 1.54) is 32.2 Å². The second-order valence-electron chi connectivity index (χ2n) is 5.45. The average Bonchev–Trinajstić information content (AvgIpc) is 3.01. The van der Waals surface area contributed by atoms with E-state index in [1.807, 2.05) is 6.92 Å². The van der Waals surface area contributed by atoms with E-state index >= 15 is 0 Å². The quantitative estimate of drug-likeness (QED) is 0.718. The zero-order valence-electron chi connectivity index (χ0n) is 9.58. The highest BCUT2D eigenvalue weighted by atomic mass is 15.2. The fourth-order valence-corrected chi connectivity index (χ4v) is 1.93. The molecule has 3 nitrogen and oxygen atoms in total. The van der Waals surface area contributed by atoms with Crippen LogP contribution in [0.25, 0.3) is 0 Å². The van der Waals surface area contributed by atoms with Crippen LogP contribution in [-0.4, -0.2) is 29.6 Å². The third-order valence-electron chi connectivity index (χ3n) is 3.43. The van der Waals surface area contributed by atoms with Crippen molar-refractivity contribution in [2.24, 2.45) is 11.7 Å². The molecule has 0 aliphatic heterocycles. The SMILES string of the molecule is CC(N)(C#N)CCN(CC1CC1)C1CC1. The standard InChI is InChI=1S/C12H21N3/c1-12(14,9-13)6-7-15(11-4-5-11)8-10-2-3-10/h10-11H,2-8,14H2,1H3. The lowest BCUT2D eigenvalue weighted by molar-refractivity contribution is 0.236. The minimum atomic E-state index is -0.642. The predicted molar refractivity (Wildman–Crippen MR) is 60.1 cm³/mol. The Kier molecular flexibility index (Phi) is 2.99. The summed E-state index contributed by atoms with van der Waals surface area (Å²) in [7, 11) is 0. The van der Waals surface area contributed by atoms with Gasteiger partial charge in [0.1, 0.15) is 5.54 Å². The summed E-state index contributed by atoms with van der Waals surface area (Å²) < 4.78 is 0. The summed E-state index contributed by atoms with van der Waals surface area (Å²) in [4.78, 5) is 2.56. The molecule has 2 aliphatic carbocycles. The first kappa shape index (κ1) is 10.9. The number of nitrogens with two attached hydrogens (primary N) is 1. The molecule has 2 aliphatic rings. The van der Waals surface area contributed by atoms with Crippen molar-refractivity contribution in [2.75, 3.05) is 13.1 Å². The Hall–Kier alpha value is -0.590. The molecule has 0 bridgehead atoms. The maximum Gasteiger partial charge on any atom is 0.102 e.